The zero-order valence-electron chi connectivity index (χ0n) is 11.0. The lowest BCUT2D eigenvalue weighted by atomic mass is 9.95. The van der Waals surface area contributed by atoms with Gasteiger partial charge >= 0.3 is 0 Å². The molecule has 1 atom stereocenters. The van der Waals surface area contributed by atoms with Gasteiger partial charge < -0.3 is 9.63 Å². The maximum absolute atomic E-state index is 9.28. The van der Waals surface area contributed by atoms with Gasteiger partial charge in [0, 0.05) is 6.42 Å². The van der Waals surface area contributed by atoms with Gasteiger partial charge in [-0.1, -0.05) is 35.5 Å². The quantitative estimate of drug-likeness (QED) is 0.895. The van der Waals surface area contributed by atoms with E-state index in [9.17, 15) is 5.11 Å². The van der Waals surface area contributed by atoms with Gasteiger partial charge in [-0.05, 0) is 31.7 Å². The molecule has 1 fully saturated rings. The lowest BCUT2D eigenvalue weighted by molar-refractivity contribution is 0.180. The molecule has 1 saturated carbocycles. The minimum Gasteiger partial charge on any atom is -0.393 e. The van der Waals surface area contributed by atoms with Crippen molar-refractivity contribution in [3.8, 4) is 0 Å². The third-order valence-electron chi connectivity index (χ3n) is 3.75. The van der Waals surface area contributed by atoms with Crippen molar-refractivity contribution in [3.05, 3.63) is 47.6 Å². The molecule has 1 unspecified atom stereocenters. The van der Waals surface area contributed by atoms with Gasteiger partial charge in [-0.15, -0.1) is 0 Å². The summed E-state index contributed by atoms with van der Waals surface area (Å²) in [6.45, 7) is 1.77. The average molecular weight is 258 g/mol. The Balaban J connectivity index is 1.79. The fraction of sp³-hybridized carbons (Fsp3) is 0.467. The van der Waals surface area contributed by atoms with Gasteiger partial charge in [-0.3, -0.25) is 0 Å². The van der Waals surface area contributed by atoms with E-state index in [1.807, 2.05) is 18.2 Å². The summed E-state index contributed by atoms with van der Waals surface area (Å²) in [6.07, 6.45) is 3.10. The van der Waals surface area contributed by atoms with E-state index in [1.165, 1.54) is 5.56 Å². The molecule has 19 heavy (non-hydrogen) atoms. The zero-order chi connectivity index (χ0) is 13.3. The van der Waals surface area contributed by atoms with Gasteiger partial charge in [0.25, 0.3) is 0 Å². The fourth-order valence-electron chi connectivity index (χ4n) is 2.41. The van der Waals surface area contributed by atoms with Gasteiger partial charge in [0.1, 0.15) is 0 Å². The number of hydrogen-bond donors (Lipinski definition) is 1. The summed E-state index contributed by atoms with van der Waals surface area (Å²) in [6, 6.07) is 10.4. The van der Waals surface area contributed by atoms with E-state index in [2.05, 4.69) is 22.3 Å². The van der Waals surface area contributed by atoms with Crippen molar-refractivity contribution in [1.82, 2.24) is 10.1 Å². The molecule has 0 amide bonds. The third-order valence-corrected chi connectivity index (χ3v) is 3.75. The van der Waals surface area contributed by atoms with Crippen LogP contribution in [0.1, 0.15) is 43.5 Å². The molecule has 1 aliphatic rings. The van der Waals surface area contributed by atoms with Crippen LogP contribution >= 0.6 is 0 Å². The lowest BCUT2D eigenvalue weighted by Crippen LogP contribution is -2.10. The highest BCUT2D eigenvalue weighted by molar-refractivity contribution is 5.38. The number of rotatable bonds is 5. The molecule has 1 N–H and O–H groups in total. The molecule has 0 spiro atoms. The Hall–Kier alpha value is -1.68. The number of hydrogen-bond acceptors (Lipinski definition) is 4. The van der Waals surface area contributed by atoms with E-state index in [-0.39, 0.29) is 11.5 Å². The highest BCUT2D eigenvalue weighted by Crippen LogP contribution is 2.52. The first-order chi connectivity index (χ1) is 9.21. The molecule has 4 nitrogen and oxygen atoms in total. The first kappa shape index (κ1) is 12.4. The smallest absolute Gasteiger partial charge is 0.226 e. The van der Waals surface area contributed by atoms with Crippen LogP contribution in [0.25, 0.3) is 0 Å². The molecule has 4 heteroatoms. The molecule has 3 rings (SSSR count). The summed E-state index contributed by atoms with van der Waals surface area (Å²) in [4.78, 5) is 4.50. The molecule has 1 aromatic carbocycles. The third kappa shape index (κ3) is 2.40. The first-order valence-electron chi connectivity index (χ1n) is 6.77. The van der Waals surface area contributed by atoms with E-state index in [0.29, 0.717) is 18.7 Å². The molecule has 0 radical (unpaired) electrons. The number of aliphatic hydroxyl groups is 1. The number of aromatic nitrogens is 2. The van der Waals surface area contributed by atoms with Crippen LogP contribution in [0.15, 0.2) is 34.9 Å². The van der Waals surface area contributed by atoms with Crippen molar-refractivity contribution in [2.45, 2.75) is 44.1 Å². The van der Waals surface area contributed by atoms with Gasteiger partial charge in [0.15, 0.2) is 5.82 Å². The molecule has 1 aromatic heterocycles. The summed E-state index contributed by atoms with van der Waals surface area (Å²) in [5.74, 6) is 1.41. The van der Waals surface area contributed by atoms with Crippen LogP contribution in [0.5, 0.6) is 0 Å². The van der Waals surface area contributed by atoms with Crippen molar-refractivity contribution in [3.63, 3.8) is 0 Å². The molecule has 100 valence electrons. The van der Waals surface area contributed by atoms with E-state index >= 15 is 0 Å². The number of benzene rings is 1. The lowest BCUT2D eigenvalue weighted by Gasteiger charge is -2.10. The van der Waals surface area contributed by atoms with Crippen LogP contribution in [0.3, 0.4) is 0 Å². The Bertz CT molecular complexity index is 544. The van der Waals surface area contributed by atoms with Crippen LogP contribution < -0.4 is 0 Å². The summed E-state index contributed by atoms with van der Waals surface area (Å²) in [5.41, 5.74) is 1.23. The highest BCUT2D eigenvalue weighted by Gasteiger charge is 2.49. The van der Waals surface area contributed by atoms with E-state index < -0.39 is 0 Å². The predicted octanol–water partition coefficient (Wildman–Crippen LogP) is 2.46. The second-order valence-electron chi connectivity index (χ2n) is 5.35. The topological polar surface area (TPSA) is 59.2 Å². The molecule has 1 aliphatic carbocycles. The van der Waals surface area contributed by atoms with Crippen molar-refractivity contribution in [1.29, 1.82) is 0 Å². The molecular weight excluding hydrogens is 240 g/mol. The summed E-state index contributed by atoms with van der Waals surface area (Å²) >= 11 is 0. The normalized spacial score (nSPS) is 18.2. The Kier molecular flexibility index (Phi) is 3.11. The van der Waals surface area contributed by atoms with E-state index in [0.717, 1.165) is 18.7 Å². The Labute approximate surface area is 112 Å². The Morgan fingerprint density at radius 1 is 1.32 bits per heavy atom. The van der Waals surface area contributed by atoms with Crippen molar-refractivity contribution in [2.75, 3.05) is 0 Å². The van der Waals surface area contributed by atoms with Gasteiger partial charge in [0.05, 0.1) is 11.5 Å². The Morgan fingerprint density at radius 2 is 2.05 bits per heavy atom. The fourth-order valence-corrected chi connectivity index (χ4v) is 2.41. The minimum atomic E-state index is -0.334. The average Bonchev–Trinajstić information content (AvgIpc) is 3.10. The molecule has 2 aromatic rings. The van der Waals surface area contributed by atoms with Gasteiger partial charge in [-0.25, -0.2) is 0 Å². The predicted molar refractivity (Wildman–Crippen MR) is 70.8 cm³/mol. The van der Waals surface area contributed by atoms with Gasteiger partial charge in [0.2, 0.25) is 5.89 Å². The van der Waals surface area contributed by atoms with Crippen LogP contribution in [-0.4, -0.2) is 21.4 Å². The number of aryl methyl sites for hydroxylation is 1. The highest BCUT2D eigenvalue weighted by atomic mass is 16.5. The van der Waals surface area contributed by atoms with Gasteiger partial charge in [-0.2, -0.15) is 4.98 Å². The molecule has 0 aliphatic heterocycles. The second kappa shape index (κ2) is 4.78. The summed E-state index contributed by atoms with van der Waals surface area (Å²) < 4.78 is 5.29. The molecule has 1 heterocycles. The van der Waals surface area contributed by atoms with Crippen LogP contribution in [0.2, 0.25) is 0 Å². The maximum atomic E-state index is 9.28. The van der Waals surface area contributed by atoms with Crippen LogP contribution in [-0.2, 0) is 11.8 Å². The SMILES string of the molecule is CC(O)CCc1nc(C2(c3ccccc3)CC2)no1. The monoisotopic (exact) mass is 258 g/mol. The summed E-state index contributed by atoms with van der Waals surface area (Å²) in [5, 5.41) is 13.4. The Morgan fingerprint density at radius 3 is 2.68 bits per heavy atom. The second-order valence-corrected chi connectivity index (χ2v) is 5.35. The zero-order valence-corrected chi connectivity index (χ0v) is 11.0. The first-order valence-corrected chi connectivity index (χ1v) is 6.77. The van der Waals surface area contributed by atoms with Crippen molar-refractivity contribution in [2.24, 2.45) is 0 Å². The minimum absolute atomic E-state index is 0.0339. The van der Waals surface area contributed by atoms with Crippen molar-refractivity contribution < 1.29 is 9.63 Å². The van der Waals surface area contributed by atoms with Crippen molar-refractivity contribution >= 4 is 0 Å². The summed E-state index contributed by atoms with van der Waals surface area (Å²) in [7, 11) is 0. The largest absolute Gasteiger partial charge is 0.393 e. The standard InChI is InChI=1S/C15H18N2O2/c1-11(18)7-8-13-16-14(17-19-13)15(9-10-15)12-5-3-2-4-6-12/h2-6,11,18H,7-10H2,1H3. The van der Waals surface area contributed by atoms with Crippen LogP contribution in [0, 0.1) is 0 Å². The molecular formula is C15H18N2O2. The van der Waals surface area contributed by atoms with E-state index in [4.69, 9.17) is 4.52 Å². The van der Waals surface area contributed by atoms with E-state index in [1.54, 1.807) is 6.92 Å². The number of nitrogens with zero attached hydrogens (tertiary/aromatic N) is 2. The number of aliphatic hydroxyl groups excluding tert-OH is 1. The maximum Gasteiger partial charge on any atom is 0.226 e. The van der Waals surface area contributed by atoms with Crippen LogP contribution in [0.4, 0.5) is 0 Å². The molecule has 0 bridgehead atoms. The molecule has 0 saturated heterocycles.